The molecule has 0 unspecified atom stereocenters. The van der Waals surface area contributed by atoms with E-state index in [1.165, 1.54) is 0 Å². The lowest BCUT2D eigenvalue weighted by Gasteiger charge is -2.13. The average Bonchev–Trinajstić information content (AvgIpc) is 2.43. The number of nitrogen functional groups attached to an aromatic ring is 1. The number of nitriles is 1. The Bertz CT molecular complexity index is 644. The maximum absolute atomic E-state index is 8.93. The maximum atomic E-state index is 8.93. The predicted octanol–water partition coefficient (Wildman–Crippen LogP) is 3.20. The summed E-state index contributed by atoms with van der Waals surface area (Å²) in [5.74, 6) is 0.728. The monoisotopic (exact) mass is 253 g/mol. The first-order valence-corrected chi connectivity index (χ1v) is 5.85. The molecular formula is C15H15N3O. The van der Waals surface area contributed by atoms with Crippen molar-refractivity contribution in [3.8, 4) is 11.8 Å². The summed E-state index contributed by atoms with van der Waals surface area (Å²) in [6, 6.07) is 13.0. The van der Waals surface area contributed by atoms with Crippen molar-refractivity contribution in [1.29, 1.82) is 5.26 Å². The van der Waals surface area contributed by atoms with E-state index in [0.717, 1.165) is 22.7 Å². The molecule has 0 saturated carbocycles. The smallest absolute Gasteiger partial charge is 0.121 e. The molecule has 0 aromatic heterocycles. The van der Waals surface area contributed by atoms with Crippen molar-refractivity contribution >= 4 is 17.1 Å². The van der Waals surface area contributed by atoms with Gasteiger partial charge >= 0.3 is 0 Å². The van der Waals surface area contributed by atoms with Gasteiger partial charge in [0.2, 0.25) is 0 Å². The van der Waals surface area contributed by atoms with Crippen LogP contribution in [-0.4, -0.2) is 7.11 Å². The highest BCUT2D eigenvalue weighted by Crippen LogP contribution is 2.29. The highest BCUT2D eigenvalue weighted by Gasteiger charge is 2.05. The number of rotatable bonds is 3. The topological polar surface area (TPSA) is 71.1 Å². The number of anilines is 3. The number of hydrogen-bond donors (Lipinski definition) is 2. The van der Waals surface area contributed by atoms with E-state index in [1.54, 1.807) is 31.4 Å². The van der Waals surface area contributed by atoms with Gasteiger partial charge in [-0.15, -0.1) is 0 Å². The lowest BCUT2D eigenvalue weighted by molar-refractivity contribution is 0.415. The minimum atomic E-state index is 0.606. The first kappa shape index (κ1) is 12.8. The molecule has 0 bridgehead atoms. The van der Waals surface area contributed by atoms with Crippen molar-refractivity contribution in [2.75, 3.05) is 18.2 Å². The van der Waals surface area contributed by atoms with E-state index < -0.39 is 0 Å². The Morgan fingerprint density at radius 1 is 1.16 bits per heavy atom. The third-order valence-corrected chi connectivity index (χ3v) is 2.90. The second-order valence-electron chi connectivity index (χ2n) is 4.22. The predicted molar refractivity (Wildman–Crippen MR) is 76.6 cm³/mol. The SMILES string of the molecule is COc1ccc(N)c(Nc2cc(C#N)ccc2C)c1. The lowest BCUT2D eigenvalue weighted by atomic mass is 10.1. The molecule has 0 aliphatic heterocycles. The average molecular weight is 253 g/mol. The summed E-state index contributed by atoms with van der Waals surface area (Å²) in [5, 5.41) is 12.2. The van der Waals surface area contributed by atoms with Crippen molar-refractivity contribution in [3.63, 3.8) is 0 Å². The van der Waals surface area contributed by atoms with Crippen molar-refractivity contribution in [1.82, 2.24) is 0 Å². The van der Waals surface area contributed by atoms with Crippen molar-refractivity contribution in [2.24, 2.45) is 0 Å². The summed E-state index contributed by atoms with van der Waals surface area (Å²) >= 11 is 0. The van der Waals surface area contributed by atoms with Gasteiger partial charge in [0.05, 0.1) is 30.1 Å². The van der Waals surface area contributed by atoms with Crippen LogP contribution < -0.4 is 15.8 Å². The van der Waals surface area contributed by atoms with E-state index in [4.69, 9.17) is 15.7 Å². The highest BCUT2D eigenvalue weighted by molar-refractivity contribution is 5.75. The van der Waals surface area contributed by atoms with Crippen LogP contribution >= 0.6 is 0 Å². The molecule has 0 spiro atoms. The van der Waals surface area contributed by atoms with E-state index >= 15 is 0 Å². The molecule has 0 fully saturated rings. The summed E-state index contributed by atoms with van der Waals surface area (Å²) in [4.78, 5) is 0. The van der Waals surface area contributed by atoms with Gasteiger partial charge in [-0.3, -0.25) is 0 Å². The number of nitrogens with one attached hydrogen (secondary N) is 1. The lowest BCUT2D eigenvalue weighted by Crippen LogP contribution is -1.99. The minimum Gasteiger partial charge on any atom is -0.497 e. The number of nitrogens with two attached hydrogens (primary N) is 1. The summed E-state index contributed by atoms with van der Waals surface area (Å²) in [7, 11) is 1.61. The molecule has 4 heteroatoms. The number of methoxy groups -OCH3 is 1. The van der Waals surface area contributed by atoms with Crippen LogP contribution in [0.3, 0.4) is 0 Å². The van der Waals surface area contributed by atoms with E-state index in [1.807, 2.05) is 19.1 Å². The van der Waals surface area contributed by atoms with Crippen molar-refractivity contribution < 1.29 is 4.74 Å². The molecule has 4 nitrogen and oxygen atoms in total. The molecular weight excluding hydrogens is 238 g/mol. The third-order valence-electron chi connectivity index (χ3n) is 2.90. The molecule has 2 aromatic carbocycles. The second-order valence-corrected chi connectivity index (χ2v) is 4.22. The summed E-state index contributed by atoms with van der Waals surface area (Å²) in [6.45, 7) is 1.97. The van der Waals surface area contributed by atoms with Crippen LogP contribution in [0.25, 0.3) is 0 Å². The van der Waals surface area contributed by atoms with Crippen LogP contribution in [-0.2, 0) is 0 Å². The van der Waals surface area contributed by atoms with Gasteiger partial charge in [-0.25, -0.2) is 0 Å². The first-order valence-electron chi connectivity index (χ1n) is 5.85. The van der Waals surface area contributed by atoms with Crippen LogP contribution in [0.5, 0.6) is 5.75 Å². The first-order chi connectivity index (χ1) is 9.13. The zero-order valence-electron chi connectivity index (χ0n) is 10.9. The molecule has 2 aromatic rings. The van der Waals surface area contributed by atoms with Gasteiger partial charge in [-0.05, 0) is 36.8 Å². The minimum absolute atomic E-state index is 0.606. The number of hydrogen-bond acceptors (Lipinski definition) is 4. The largest absolute Gasteiger partial charge is 0.497 e. The Labute approximate surface area is 112 Å². The van der Waals surface area contributed by atoms with Crippen LogP contribution in [0.15, 0.2) is 36.4 Å². The molecule has 0 heterocycles. The normalized spacial score (nSPS) is 9.74. The van der Waals surface area contributed by atoms with Gasteiger partial charge in [0.25, 0.3) is 0 Å². The van der Waals surface area contributed by atoms with Gasteiger partial charge in [-0.1, -0.05) is 6.07 Å². The standard InChI is InChI=1S/C15H15N3O/c1-10-3-4-11(9-16)7-14(10)18-15-8-12(19-2)5-6-13(15)17/h3-8,18H,17H2,1-2H3. The zero-order chi connectivity index (χ0) is 13.8. The zero-order valence-corrected chi connectivity index (χ0v) is 10.9. The molecule has 0 atom stereocenters. The molecule has 96 valence electrons. The molecule has 0 aliphatic rings. The Morgan fingerprint density at radius 2 is 1.95 bits per heavy atom. The third kappa shape index (κ3) is 2.78. The Morgan fingerprint density at radius 3 is 2.63 bits per heavy atom. The number of ether oxygens (including phenoxy) is 1. The van der Waals surface area contributed by atoms with Crippen molar-refractivity contribution in [3.05, 3.63) is 47.5 Å². The fourth-order valence-electron chi connectivity index (χ4n) is 1.74. The fraction of sp³-hybridized carbons (Fsp3) is 0.133. The Hall–Kier alpha value is -2.67. The van der Waals surface area contributed by atoms with Gasteiger partial charge in [0.15, 0.2) is 0 Å². The van der Waals surface area contributed by atoms with Gasteiger partial charge in [-0.2, -0.15) is 5.26 Å². The van der Waals surface area contributed by atoms with Crippen LogP contribution in [0.4, 0.5) is 17.1 Å². The molecule has 19 heavy (non-hydrogen) atoms. The summed E-state index contributed by atoms with van der Waals surface area (Å²) in [6.07, 6.45) is 0. The summed E-state index contributed by atoms with van der Waals surface area (Å²) in [5.41, 5.74) is 9.83. The molecule has 3 N–H and O–H groups in total. The molecule has 0 amide bonds. The van der Waals surface area contributed by atoms with Gasteiger partial charge in [0.1, 0.15) is 5.75 Å². The molecule has 2 rings (SSSR count). The number of aryl methyl sites for hydroxylation is 1. The van der Waals surface area contributed by atoms with Crippen LogP contribution in [0, 0.1) is 18.3 Å². The number of benzene rings is 2. The van der Waals surface area contributed by atoms with E-state index in [0.29, 0.717) is 11.3 Å². The van der Waals surface area contributed by atoms with E-state index in [-0.39, 0.29) is 0 Å². The Kier molecular flexibility index (Phi) is 3.58. The van der Waals surface area contributed by atoms with Gasteiger partial charge < -0.3 is 15.8 Å². The van der Waals surface area contributed by atoms with Gasteiger partial charge in [0, 0.05) is 11.8 Å². The van der Waals surface area contributed by atoms with Crippen LogP contribution in [0.2, 0.25) is 0 Å². The molecule has 0 radical (unpaired) electrons. The quantitative estimate of drug-likeness (QED) is 0.824. The number of nitrogens with zero attached hydrogens (tertiary/aromatic N) is 1. The Balaban J connectivity index is 2.38. The van der Waals surface area contributed by atoms with Crippen molar-refractivity contribution in [2.45, 2.75) is 6.92 Å². The summed E-state index contributed by atoms with van der Waals surface area (Å²) < 4.78 is 5.17. The molecule has 0 aliphatic carbocycles. The fourth-order valence-corrected chi connectivity index (χ4v) is 1.74. The van der Waals surface area contributed by atoms with E-state index in [9.17, 15) is 0 Å². The van der Waals surface area contributed by atoms with E-state index in [2.05, 4.69) is 11.4 Å². The highest BCUT2D eigenvalue weighted by atomic mass is 16.5. The maximum Gasteiger partial charge on any atom is 0.121 e. The second kappa shape index (κ2) is 5.32. The molecule has 0 saturated heterocycles. The van der Waals surface area contributed by atoms with Crippen LogP contribution in [0.1, 0.15) is 11.1 Å².